The number of halogens is 2. The first-order valence-electron chi connectivity index (χ1n) is 6.66. The topological polar surface area (TPSA) is 12.0 Å². The summed E-state index contributed by atoms with van der Waals surface area (Å²) < 4.78 is 1.09. The molecule has 1 saturated carbocycles. The molecule has 1 aliphatic rings. The van der Waals surface area contributed by atoms with E-state index in [0.717, 1.165) is 20.9 Å². The zero-order valence-electron chi connectivity index (χ0n) is 10.9. The molecule has 104 valence electrons. The summed E-state index contributed by atoms with van der Waals surface area (Å²) in [6.07, 6.45) is 2.60. The van der Waals surface area contributed by atoms with Gasteiger partial charge in [-0.15, -0.1) is 0 Å². The van der Waals surface area contributed by atoms with Crippen molar-refractivity contribution in [2.24, 2.45) is 0 Å². The molecule has 3 rings (SSSR count). The first kappa shape index (κ1) is 14.5. The quantitative estimate of drug-likeness (QED) is 0.747. The van der Waals surface area contributed by atoms with Crippen LogP contribution in [0.25, 0.3) is 0 Å². The molecular weight excluding hydrogens is 354 g/mol. The highest BCUT2D eigenvalue weighted by atomic mass is 79.9. The van der Waals surface area contributed by atoms with Crippen molar-refractivity contribution in [3.8, 4) is 0 Å². The average molecular weight is 369 g/mol. The van der Waals surface area contributed by atoms with Crippen molar-refractivity contribution >= 4 is 39.3 Å². The molecule has 0 bridgehead atoms. The molecule has 0 aliphatic heterocycles. The summed E-state index contributed by atoms with van der Waals surface area (Å²) in [4.78, 5) is 2.35. The Morgan fingerprint density at radius 2 is 2.00 bits per heavy atom. The van der Waals surface area contributed by atoms with E-state index >= 15 is 0 Å². The molecule has 0 radical (unpaired) electrons. The van der Waals surface area contributed by atoms with Gasteiger partial charge < -0.3 is 5.32 Å². The predicted molar refractivity (Wildman–Crippen MR) is 89.6 cm³/mol. The van der Waals surface area contributed by atoms with Crippen molar-refractivity contribution in [3.63, 3.8) is 0 Å². The molecular formula is C16H15BrClNS. The Kier molecular flexibility index (Phi) is 4.72. The van der Waals surface area contributed by atoms with Crippen LogP contribution in [0.3, 0.4) is 0 Å². The number of rotatable bonds is 5. The maximum Gasteiger partial charge on any atom is 0.0548 e. The average Bonchev–Trinajstić information content (AvgIpc) is 3.24. The summed E-state index contributed by atoms with van der Waals surface area (Å²) in [6, 6.07) is 15.2. The highest BCUT2D eigenvalue weighted by Crippen LogP contribution is 2.37. The minimum absolute atomic E-state index is 0.706. The lowest BCUT2D eigenvalue weighted by molar-refractivity contribution is 0.680. The van der Waals surface area contributed by atoms with Gasteiger partial charge in [0.25, 0.3) is 0 Å². The maximum atomic E-state index is 6.39. The van der Waals surface area contributed by atoms with Gasteiger partial charge in [-0.3, -0.25) is 0 Å². The lowest BCUT2D eigenvalue weighted by Gasteiger charge is -2.12. The zero-order valence-corrected chi connectivity index (χ0v) is 14.1. The van der Waals surface area contributed by atoms with Gasteiger partial charge in [0.05, 0.1) is 5.02 Å². The Morgan fingerprint density at radius 1 is 1.20 bits per heavy atom. The van der Waals surface area contributed by atoms with Crippen molar-refractivity contribution in [1.29, 1.82) is 0 Å². The molecule has 20 heavy (non-hydrogen) atoms. The van der Waals surface area contributed by atoms with Crippen LogP contribution < -0.4 is 5.32 Å². The summed E-state index contributed by atoms with van der Waals surface area (Å²) >= 11 is 11.6. The lowest BCUT2D eigenvalue weighted by Crippen LogP contribution is -2.15. The molecule has 1 nitrogen and oxygen atoms in total. The normalized spacial score (nSPS) is 14.5. The van der Waals surface area contributed by atoms with E-state index in [2.05, 4.69) is 39.4 Å². The third-order valence-electron chi connectivity index (χ3n) is 3.22. The second kappa shape index (κ2) is 6.52. The molecule has 1 aliphatic carbocycles. The molecule has 0 saturated heterocycles. The van der Waals surface area contributed by atoms with Crippen LogP contribution in [-0.2, 0) is 6.54 Å². The van der Waals surface area contributed by atoms with Gasteiger partial charge >= 0.3 is 0 Å². The molecule has 0 aromatic heterocycles. The van der Waals surface area contributed by atoms with Gasteiger partial charge in [0.1, 0.15) is 0 Å². The fraction of sp³-hybridized carbons (Fsp3) is 0.250. The van der Waals surface area contributed by atoms with E-state index in [0.29, 0.717) is 6.04 Å². The van der Waals surface area contributed by atoms with Crippen LogP contribution in [0.4, 0.5) is 0 Å². The van der Waals surface area contributed by atoms with E-state index in [9.17, 15) is 0 Å². The van der Waals surface area contributed by atoms with E-state index < -0.39 is 0 Å². The van der Waals surface area contributed by atoms with Gasteiger partial charge in [-0.25, -0.2) is 0 Å². The van der Waals surface area contributed by atoms with Crippen molar-refractivity contribution in [3.05, 3.63) is 57.5 Å². The van der Waals surface area contributed by atoms with Gasteiger partial charge in [0.15, 0.2) is 0 Å². The van der Waals surface area contributed by atoms with Crippen LogP contribution in [0.15, 0.2) is 56.7 Å². The van der Waals surface area contributed by atoms with Crippen molar-refractivity contribution < 1.29 is 0 Å². The summed E-state index contributed by atoms with van der Waals surface area (Å²) in [5.74, 6) is 0. The summed E-state index contributed by atoms with van der Waals surface area (Å²) in [6.45, 7) is 0.890. The Balaban J connectivity index is 1.82. The maximum absolute atomic E-state index is 6.39. The highest BCUT2D eigenvalue weighted by molar-refractivity contribution is 9.10. The minimum Gasteiger partial charge on any atom is -0.310 e. The van der Waals surface area contributed by atoms with E-state index in [-0.39, 0.29) is 0 Å². The second-order valence-corrected chi connectivity index (χ2v) is 7.35. The smallest absolute Gasteiger partial charge is 0.0548 e. The largest absolute Gasteiger partial charge is 0.310 e. The Hall–Kier alpha value is -0.480. The van der Waals surface area contributed by atoms with Crippen molar-refractivity contribution in [2.75, 3.05) is 0 Å². The first-order chi connectivity index (χ1) is 9.72. The molecule has 1 N–H and O–H groups in total. The predicted octanol–water partition coefficient (Wildman–Crippen LogP) is 5.51. The molecule has 0 amide bonds. The first-order valence-corrected chi connectivity index (χ1v) is 8.65. The van der Waals surface area contributed by atoms with E-state index in [4.69, 9.17) is 11.6 Å². The fourth-order valence-electron chi connectivity index (χ4n) is 2.00. The molecule has 0 unspecified atom stereocenters. The van der Waals surface area contributed by atoms with Gasteiger partial charge in [0, 0.05) is 26.9 Å². The number of nitrogens with one attached hydrogen (secondary N) is 1. The van der Waals surface area contributed by atoms with Gasteiger partial charge in [-0.1, -0.05) is 57.5 Å². The lowest BCUT2D eigenvalue weighted by atomic mass is 10.2. The summed E-state index contributed by atoms with van der Waals surface area (Å²) in [5, 5.41) is 4.38. The SMILES string of the molecule is Clc1cccc(CNC2CC2)c1Sc1cccc(Br)c1. The van der Waals surface area contributed by atoms with Crippen LogP contribution in [0.5, 0.6) is 0 Å². The van der Waals surface area contributed by atoms with Gasteiger partial charge in [-0.05, 0) is 42.7 Å². The molecule has 4 heteroatoms. The number of benzene rings is 2. The minimum atomic E-state index is 0.706. The Labute approximate surface area is 137 Å². The molecule has 0 spiro atoms. The molecule has 0 heterocycles. The van der Waals surface area contributed by atoms with E-state index in [1.807, 2.05) is 24.3 Å². The number of hydrogen-bond acceptors (Lipinski definition) is 2. The van der Waals surface area contributed by atoms with E-state index in [1.165, 1.54) is 23.3 Å². The molecule has 2 aromatic carbocycles. The van der Waals surface area contributed by atoms with Crippen LogP contribution in [0, 0.1) is 0 Å². The van der Waals surface area contributed by atoms with E-state index in [1.54, 1.807) is 11.8 Å². The molecule has 1 fully saturated rings. The second-order valence-electron chi connectivity index (χ2n) is 4.94. The summed E-state index contributed by atoms with van der Waals surface area (Å²) in [7, 11) is 0. The molecule has 0 atom stereocenters. The monoisotopic (exact) mass is 367 g/mol. The van der Waals surface area contributed by atoms with Gasteiger partial charge in [0.2, 0.25) is 0 Å². The summed E-state index contributed by atoms with van der Waals surface area (Å²) in [5.41, 5.74) is 1.27. The standard InChI is InChI=1S/C16H15BrClNS/c17-12-4-2-5-14(9-12)20-16-11(3-1-6-15(16)18)10-19-13-7-8-13/h1-6,9,13,19H,7-8,10H2. The Morgan fingerprint density at radius 3 is 2.75 bits per heavy atom. The molecule has 2 aromatic rings. The zero-order chi connectivity index (χ0) is 13.9. The van der Waals surface area contributed by atoms with Crippen LogP contribution in [0.1, 0.15) is 18.4 Å². The van der Waals surface area contributed by atoms with Crippen molar-refractivity contribution in [1.82, 2.24) is 5.32 Å². The highest BCUT2D eigenvalue weighted by Gasteiger charge is 2.20. The van der Waals surface area contributed by atoms with Gasteiger partial charge in [-0.2, -0.15) is 0 Å². The fourth-order valence-corrected chi connectivity index (χ4v) is 3.86. The van der Waals surface area contributed by atoms with Crippen LogP contribution in [0.2, 0.25) is 5.02 Å². The third-order valence-corrected chi connectivity index (χ3v) is 5.32. The Bertz CT molecular complexity index is 613. The third kappa shape index (κ3) is 3.79. The van der Waals surface area contributed by atoms with Crippen LogP contribution in [-0.4, -0.2) is 6.04 Å². The van der Waals surface area contributed by atoms with Crippen LogP contribution >= 0.6 is 39.3 Å². The van der Waals surface area contributed by atoms with Crippen molar-refractivity contribution in [2.45, 2.75) is 35.2 Å². The number of hydrogen-bond donors (Lipinski definition) is 1.